The van der Waals surface area contributed by atoms with Gasteiger partial charge in [0.25, 0.3) is 5.91 Å². The van der Waals surface area contributed by atoms with Crippen LogP contribution in [0.15, 0.2) is 6.20 Å². The summed E-state index contributed by atoms with van der Waals surface area (Å²) in [4.78, 5) is 14.2. The fourth-order valence-electron chi connectivity index (χ4n) is 2.07. The van der Waals surface area contributed by atoms with Crippen molar-refractivity contribution >= 4 is 5.91 Å². The fourth-order valence-corrected chi connectivity index (χ4v) is 2.07. The zero-order chi connectivity index (χ0) is 13.0. The van der Waals surface area contributed by atoms with Gasteiger partial charge in [0.05, 0.1) is 24.5 Å². The van der Waals surface area contributed by atoms with Crippen molar-refractivity contribution in [3.63, 3.8) is 0 Å². The van der Waals surface area contributed by atoms with Crippen molar-refractivity contribution in [2.45, 2.75) is 6.92 Å². The lowest BCUT2D eigenvalue weighted by molar-refractivity contribution is 0.0383. The molecule has 1 saturated heterocycles. The molecule has 0 atom stereocenters. The largest absolute Gasteiger partial charge is 0.379 e. The number of morpholine rings is 1. The van der Waals surface area contributed by atoms with Gasteiger partial charge in [0, 0.05) is 39.4 Å². The van der Waals surface area contributed by atoms with Crippen LogP contribution in [0.5, 0.6) is 0 Å². The molecule has 2 heterocycles. The lowest BCUT2D eigenvalue weighted by atomic mass is 10.2. The van der Waals surface area contributed by atoms with Gasteiger partial charge in [0.15, 0.2) is 0 Å². The molecule has 0 radical (unpaired) electrons. The number of nitrogens with one attached hydrogen (secondary N) is 1. The number of carbonyl (C=O) groups excluding carboxylic acids is 1. The van der Waals surface area contributed by atoms with E-state index in [0.29, 0.717) is 12.1 Å². The summed E-state index contributed by atoms with van der Waals surface area (Å²) in [6.45, 7) is 6.84. The highest BCUT2D eigenvalue weighted by Gasteiger charge is 2.13. The second kappa shape index (κ2) is 5.97. The van der Waals surface area contributed by atoms with Crippen molar-refractivity contribution in [2.75, 3.05) is 39.4 Å². The Balaban J connectivity index is 1.76. The summed E-state index contributed by atoms with van der Waals surface area (Å²) >= 11 is 0. The maximum absolute atomic E-state index is 11.9. The van der Waals surface area contributed by atoms with Gasteiger partial charge < -0.3 is 10.1 Å². The Morgan fingerprint density at radius 2 is 2.22 bits per heavy atom. The van der Waals surface area contributed by atoms with Crippen molar-refractivity contribution in [1.29, 1.82) is 0 Å². The number of hydrogen-bond acceptors (Lipinski definition) is 4. The number of amides is 1. The topological polar surface area (TPSA) is 59.4 Å². The highest BCUT2D eigenvalue weighted by Crippen LogP contribution is 2.04. The first-order valence-corrected chi connectivity index (χ1v) is 6.25. The minimum atomic E-state index is -0.0474. The third-order valence-electron chi connectivity index (χ3n) is 3.08. The summed E-state index contributed by atoms with van der Waals surface area (Å²) < 4.78 is 6.93. The first kappa shape index (κ1) is 13.0. The van der Waals surface area contributed by atoms with Crippen LogP contribution >= 0.6 is 0 Å². The molecule has 1 aromatic rings. The van der Waals surface area contributed by atoms with Gasteiger partial charge >= 0.3 is 0 Å². The van der Waals surface area contributed by atoms with Crippen molar-refractivity contribution in [2.24, 2.45) is 7.05 Å². The summed E-state index contributed by atoms with van der Waals surface area (Å²) in [6.07, 6.45) is 1.75. The number of nitrogens with zero attached hydrogens (tertiary/aromatic N) is 3. The Morgan fingerprint density at radius 1 is 1.50 bits per heavy atom. The molecule has 1 aliphatic heterocycles. The summed E-state index contributed by atoms with van der Waals surface area (Å²) in [5, 5.41) is 7.08. The lowest BCUT2D eigenvalue weighted by Crippen LogP contribution is -2.41. The SMILES string of the molecule is Cc1nn(C)cc1C(=O)NCCN1CCOCC1. The molecule has 18 heavy (non-hydrogen) atoms. The maximum Gasteiger partial charge on any atom is 0.254 e. The van der Waals surface area contributed by atoms with Gasteiger partial charge in [0.2, 0.25) is 0 Å². The molecule has 100 valence electrons. The third-order valence-corrected chi connectivity index (χ3v) is 3.08. The maximum atomic E-state index is 11.9. The molecule has 0 aliphatic carbocycles. The predicted octanol–water partition coefficient (Wildman–Crippen LogP) is -0.209. The van der Waals surface area contributed by atoms with Gasteiger partial charge in [-0.15, -0.1) is 0 Å². The van der Waals surface area contributed by atoms with Crippen LogP contribution in [0.3, 0.4) is 0 Å². The molecule has 0 saturated carbocycles. The van der Waals surface area contributed by atoms with Crippen LogP contribution in [0.2, 0.25) is 0 Å². The second-order valence-corrected chi connectivity index (χ2v) is 4.51. The van der Waals surface area contributed by atoms with Gasteiger partial charge in [-0.2, -0.15) is 5.10 Å². The molecular weight excluding hydrogens is 232 g/mol. The molecule has 1 aliphatic rings. The Morgan fingerprint density at radius 3 is 2.83 bits per heavy atom. The molecule has 2 rings (SSSR count). The van der Waals surface area contributed by atoms with Crippen LogP contribution in [0, 0.1) is 6.92 Å². The number of aromatic nitrogens is 2. The summed E-state index contributed by atoms with van der Waals surface area (Å²) in [6, 6.07) is 0. The van der Waals surface area contributed by atoms with Crippen LogP contribution in [0.25, 0.3) is 0 Å². The highest BCUT2D eigenvalue weighted by molar-refractivity contribution is 5.94. The van der Waals surface area contributed by atoms with Gasteiger partial charge in [-0.3, -0.25) is 14.4 Å². The minimum absolute atomic E-state index is 0.0474. The van der Waals surface area contributed by atoms with Crippen molar-refractivity contribution in [3.8, 4) is 0 Å². The molecule has 0 spiro atoms. The molecule has 1 fully saturated rings. The zero-order valence-electron chi connectivity index (χ0n) is 11.0. The van der Waals surface area contributed by atoms with Crippen molar-refractivity contribution < 1.29 is 9.53 Å². The first-order chi connectivity index (χ1) is 8.66. The number of aryl methyl sites for hydroxylation is 2. The van der Waals surface area contributed by atoms with E-state index in [9.17, 15) is 4.79 Å². The Hall–Kier alpha value is -1.40. The van der Waals surface area contributed by atoms with E-state index in [2.05, 4.69) is 15.3 Å². The molecule has 1 N–H and O–H groups in total. The molecule has 0 unspecified atom stereocenters. The lowest BCUT2D eigenvalue weighted by Gasteiger charge is -2.26. The standard InChI is InChI=1S/C12H20N4O2/c1-10-11(9-15(2)14-10)12(17)13-3-4-16-5-7-18-8-6-16/h9H,3-8H2,1-2H3,(H,13,17). The van der Waals surface area contributed by atoms with E-state index in [-0.39, 0.29) is 5.91 Å². The van der Waals surface area contributed by atoms with Crippen LogP contribution in [-0.2, 0) is 11.8 Å². The summed E-state index contributed by atoms with van der Waals surface area (Å²) in [5.74, 6) is -0.0474. The van der Waals surface area contributed by atoms with E-state index in [1.54, 1.807) is 10.9 Å². The van der Waals surface area contributed by atoms with Crippen LogP contribution < -0.4 is 5.32 Å². The Labute approximate surface area is 107 Å². The van der Waals surface area contributed by atoms with E-state index < -0.39 is 0 Å². The fraction of sp³-hybridized carbons (Fsp3) is 0.667. The highest BCUT2D eigenvalue weighted by atomic mass is 16.5. The van der Waals surface area contributed by atoms with Crippen molar-refractivity contribution in [3.05, 3.63) is 17.5 Å². The average molecular weight is 252 g/mol. The smallest absolute Gasteiger partial charge is 0.254 e. The van der Waals surface area contributed by atoms with Crippen molar-refractivity contribution in [1.82, 2.24) is 20.0 Å². The molecule has 6 nitrogen and oxygen atoms in total. The average Bonchev–Trinajstić information content (AvgIpc) is 2.70. The van der Waals surface area contributed by atoms with Crippen LogP contribution in [0.4, 0.5) is 0 Å². The Kier molecular flexibility index (Phi) is 4.33. The zero-order valence-corrected chi connectivity index (χ0v) is 11.0. The van der Waals surface area contributed by atoms with Gasteiger partial charge in [-0.1, -0.05) is 0 Å². The first-order valence-electron chi connectivity index (χ1n) is 6.25. The van der Waals surface area contributed by atoms with Gasteiger partial charge in [-0.25, -0.2) is 0 Å². The second-order valence-electron chi connectivity index (χ2n) is 4.51. The van der Waals surface area contributed by atoms with E-state index in [0.717, 1.165) is 38.5 Å². The predicted molar refractivity (Wildman–Crippen MR) is 67.5 cm³/mol. The van der Waals surface area contributed by atoms with Gasteiger partial charge in [0.1, 0.15) is 0 Å². The third kappa shape index (κ3) is 3.30. The number of ether oxygens (including phenoxy) is 1. The Bertz CT molecular complexity index is 410. The molecule has 1 aromatic heterocycles. The molecule has 0 bridgehead atoms. The summed E-state index contributed by atoms with van der Waals surface area (Å²) in [7, 11) is 1.82. The molecule has 6 heteroatoms. The van der Waals surface area contributed by atoms with E-state index in [1.165, 1.54) is 0 Å². The number of hydrogen-bond donors (Lipinski definition) is 1. The number of rotatable bonds is 4. The minimum Gasteiger partial charge on any atom is -0.379 e. The quantitative estimate of drug-likeness (QED) is 0.805. The normalized spacial score (nSPS) is 16.8. The summed E-state index contributed by atoms with van der Waals surface area (Å²) in [5.41, 5.74) is 1.42. The monoisotopic (exact) mass is 252 g/mol. The number of carbonyl (C=O) groups is 1. The van der Waals surface area contributed by atoms with E-state index >= 15 is 0 Å². The molecule has 1 amide bonds. The van der Waals surface area contributed by atoms with E-state index in [1.807, 2.05) is 14.0 Å². The van der Waals surface area contributed by atoms with Gasteiger partial charge in [-0.05, 0) is 6.92 Å². The molecule has 0 aromatic carbocycles. The van der Waals surface area contributed by atoms with Crippen LogP contribution in [-0.4, -0.2) is 60.0 Å². The molecular formula is C12H20N4O2. The van der Waals surface area contributed by atoms with E-state index in [4.69, 9.17) is 4.74 Å². The van der Waals surface area contributed by atoms with Crippen LogP contribution in [0.1, 0.15) is 16.1 Å².